The molecule has 1 atom stereocenters. The van der Waals surface area contributed by atoms with Crippen molar-refractivity contribution < 1.29 is 17.9 Å². The zero-order valence-electron chi connectivity index (χ0n) is 12.7. The molecule has 0 aliphatic heterocycles. The Hall–Kier alpha value is -1.28. The topological polar surface area (TPSA) is 45.7 Å². The highest BCUT2D eigenvalue weighted by Crippen LogP contribution is 2.19. The molecule has 2 N–H and O–H groups in total. The second kappa shape index (κ2) is 9.68. The summed E-state index contributed by atoms with van der Waals surface area (Å²) in [5.41, 5.74) is 0. The maximum atomic E-state index is 11.9. The summed E-state index contributed by atoms with van der Waals surface area (Å²) in [6.07, 6.45) is -3.78. The molecule has 0 radical (unpaired) electrons. The molecule has 0 saturated carbocycles. The van der Waals surface area contributed by atoms with Crippen LogP contribution in [0, 0.1) is 0 Å². The minimum Gasteiger partial charge on any atom is -0.372 e. The Morgan fingerprint density at radius 2 is 2.18 bits per heavy atom. The molecule has 22 heavy (non-hydrogen) atoms. The largest absolute Gasteiger partial charge is 0.411 e. The van der Waals surface area contributed by atoms with Crippen molar-refractivity contribution in [3.8, 4) is 0 Å². The molecule has 1 unspecified atom stereocenters. The summed E-state index contributed by atoms with van der Waals surface area (Å²) in [6.45, 7) is 2.24. The van der Waals surface area contributed by atoms with Gasteiger partial charge in [-0.2, -0.15) is 13.2 Å². The number of nitrogens with one attached hydrogen (secondary N) is 2. The summed E-state index contributed by atoms with van der Waals surface area (Å²) in [7, 11) is 1.66. The first-order chi connectivity index (χ1) is 10.4. The lowest BCUT2D eigenvalue weighted by Crippen LogP contribution is -2.39. The fourth-order valence-corrected chi connectivity index (χ4v) is 2.50. The van der Waals surface area contributed by atoms with Crippen molar-refractivity contribution in [1.82, 2.24) is 10.6 Å². The maximum absolute atomic E-state index is 11.9. The van der Waals surface area contributed by atoms with Crippen LogP contribution in [0.3, 0.4) is 0 Å². The second-order valence-corrected chi connectivity index (χ2v) is 5.80. The molecule has 0 aromatic carbocycles. The average molecular weight is 337 g/mol. The molecule has 0 aliphatic carbocycles. The van der Waals surface area contributed by atoms with Gasteiger partial charge in [0.25, 0.3) is 0 Å². The Kier molecular flexibility index (Phi) is 8.26. The van der Waals surface area contributed by atoms with Gasteiger partial charge in [0.15, 0.2) is 5.96 Å². The molecule has 0 bridgehead atoms. The minimum absolute atomic E-state index is 0.0646. The van der Waals surface area contributed by atoms with Gasteiger partial charge in [0.2, 0.25) is 0 Å². The van der Waals surface area contributed by atoms with Gasteiger partial charge in [-0.1, -0.05) is 13.0 Å². The summed E-state index contributed by atoms with van der Waals surface area (Å²) in [6, 6.07) is 4.11. The molecular weight excluding hydrogens is 315 g/mol. The number of hydrogen-bond acceptors (Lipinski definition) is 3. The van der Waals surface area contributed by atoms with Crippen LogP contribution in [-0.4, -0.2) is 45.5 Å². The molecule has 1 rings (SSSR count). The van der Waals surface area contributed by atoms with E-state index in [1.165, 1.54) is 4.88 Å². The number of nitrogens with zero attached hydrogens (tertiary/aromatic N) is 1. The van der Waals surface area contributed by atoms with Crippen LogP contribution in [-0.2, 0) is 4.74 Å². The normalized spacial score (nSPS) is 14.0. The monoisotopic (exact) mass is 337 g/mol. The number of alkyl halides is 3. The van der Waals surface area contributed by atoms with Crippen molar-refractivity contribution in [3.63, 3.8) is 0 Å². The Bertz CT molecular complexity index is 435. The molecule has 1 aromatic rings. The van der Waals surface area contributed by atoms with Gasteiger partial charge in [-0.25, -0.2) is 0 Å². The summed E-state index contributed by atoms with van der Waals surface area (Å²) < 4.78 is 40.2. The van der Waals surface area contributed by atoms with Crippen LogP contribution in [0.1, 0.15) is 24.1 Å². The number of halogens is 3. The molecule has 8 heteroatoms. The minimum atomic E-state index is -4.26. The van der Waals surface area contributed by atoms with Crippen LogP contribution in [0.5, 0.6) is 0 Å². The van der Waals surface area contributed by atoms with Gasteiger partial charge >= 0.3 is 6.18 Å². The smallest absolute Gasteiger partial charge is 0.372 e. The van der Waals surface area contributed by atoms with Crippen LogP contribution in [0.25, 0.3) is 0 Å². The van der Waals surface area contributed by atoms with Crippen molar-refractivity contribution in [2.24, 2.45) is 4.99 Å². The van der Waals surface area contributed by atoms with E-state index >= 15 is 0 Å². The van der Waals surface area contributed by atoms with Gasteiger partial charge in [0, 0.05) is 37.5 Å². The number of ether oxygens (including phenoxy) is 1. The average Bonchev–Trinajstić information content (AvgIpc) is 2.98. The summed E-state index contributed by atoms with van der Waals surface area (Å²) in [4.78, 5) is 5.37. The number of thiophene rings is 1. The van der Waals surface area contributed by atoms with Crippen molar-refractivity contribution in [1.29, 1.82) is 0 Å². The van der Waals surface area contributed by atoms with Gasteiger partial charge in [-0.15, -0.1) is 11.3 Å². The highest BCUT2D eigenvalue weighted by atomic mass is 32.1. The third-order valence-corrected chi connectivity index (χ3v) is 3.96. The van der Waals surface area contributed by atoms with Crippen LogP contribution in [0.4, 0.5) is 13.2 Å². The Balaban J connectivity index is 2.13. The molecule has 0 spiro atoms. The fraction of sp³-hybridized carbons (Fsp3) is 0.643. The number of aliphatic imine (C=N–C) groups is 1. The van der Waals surface area contributed by atoms with Gasteiger partial charge in [-0.3, -0.25) is 4.99 Å². The predicted molar refractivity (Wildman–Crippen MR) is 83.6 cm³/mol. The van der Waals surface area contributed by atoms with Gasteiger partial charge in [0.05, 0.1) is 0 Å². The van der Waals surface area contributed by atoms with E-state index in [9.17, 15) is 13.2 Å². The summed E-state index contributed by atoms with van der Waals surface area (Å²) in [5.74, 6) is 1.01. The molecule has 0 saturated heterocycles. The van der Waals surface area contributed by atoms with Gasteiger partial charge < -0.3 is 15.4 Å². The van der Waals surface area contributed by atoms with Crippen molar-refractivity contribution >= 4 is 17.3 Å². The van der Waals surface area contributed by atoms with E-state index in [2.05, 4.69) is 33.4 Å². The van der Waals surface area contributed by atoms with E-state index in [0.29, 0.717) is 24.8 Å². The van der Waals surface area contributed by atoms with E-state index in [0.717, 1.165) is 6.54 Å². The number of rotatable bonds is 8. The van der Waals surface area contributed by atoms with E-state index in [1.54, 1.807) is 18.4 Å². The zero-order chi connectivity index (χ0) is 16.4. The van der Waals surface area contributed by atoms with Gasteiger partial charge in [-0.05, 0) is 17.9 Å². The Morgan fingerprint density at radius 3 is 2.77 bits per heavy atom. The van der Waals surface area contributed by atoms with E-state index < -0.39 is 12.8 Å². The molecule has 126 valence electrons. The fourth-order valence-electron chi connectivity index (χ4n) is 1.71. The zero-order valence-corrected chi connectivity index (χ0v) is 13.6. The van der Waals surface area contributed by atoms with Crippen molar-refractivity contribution in [2.75, 3.05) is 33.4 Å². The van der Waals surface area contributed by atoms with E-state index in [1.807, 2.05) is 11.4 Å². The maximum Gasteiger partial charge on any atom is 0.411 e. The van der Waals surface area contributed by atoms with Crippen LogP contribution in [0.2, 0.25) is 0 Å². The van der Waals surface area contributed by atoms with Crippen LogP contribution in [0.15, 0.2) is 22.5 Å². The van der Waals surface area contributed by atoms with Crippen LogP contribution < -0.4 is 10.6 Å². The van der Waals surface area contributed by atoms with Crippen molar-refractivity contribution in [2.45, 2.75) is 25.4 Å². The Labute approximate surface area is 132 Å². The molecular formula is C14H22F3N3OS. The van der Waals surface area contributed by atoms with E-state index in [4.69, 9.17) is 0 Å². The first kappa shape index (κ1) is 18.8. The predicted octanol–water partition coefficient (Wildman–Crippen LogP) is 2.99. The Morgan fingerprint density at radius 1 is 1.41 bits per heavy atom. The lowest BCUT2D eigenvalue weighted by molar-refractivity contribution is -0.173. The molecule has 0 amide bonds. The standard InChI is InChI=1S/C14H22F3N3OS/c1-11(12-5-3-8-22-12)9-20-13(18-2)19-6-4-7-21-10-14(15,16)17/h3,5,8,11H,4,6-7,9-10H2,1-2H3,(H2,18,19,20). The third-order valence-electron chi connectivity index (χ3n) is 2.85. The molecule has 4 nitrogen and oxygen atoms in total. The van der Waals surface area contributed by atoms with Crippen molar-refractivity contribution in [3.05, 3.63) is 22.4 Å². The third kappa shape index (κ3) is 8.23. The summed E-state index contributed by atoms with van der Waals surface area (Å²) in [5, 5.41) is 8.29. The second-order valence-electron chi connectivity index (χ2n) is 4.82. The molecule has 1 aromatic heterocycles. The number of hydrogen-bond donors (Lipinski definition) is 2. The highest BCUT2D eigenvalue weighted by molar-refractivity contribution is 7.10. The number of guanidine groups is 1. The molecule has 0 fully saturated rings. The lowest BCUT2D eigenvalue weighted by atomic mass is 10.1. The summed E-state index contributed by atoms with van der Waals surface area (Å²) >= 11 is 1.71. The first-order valence-electron chi connectivity index (χ1n) is 7.05. The van der Waals surface area contributed by atoms with Crippen LogP contribution >= 0.6 is 11.3 Å². The quantitative estimate of drug-likeness (QED) is 0.435. The SMILES string of the molecule is CN=C(NCCCOCC(F)(F)F)NCC(C)c1cccs1. The van der Waals surface area contributed by atoms with E-state index in [-0.39, 0.29) is 6.61 Å². The molecule has 0 aliphatic rings. The highest BCUT2D eigenvalue weighted by Gasteiger charge is 2.27. The molecule has 1 heterocycles. The first-order valence-corrected chi connectivity index (χ1v) is 7.92. The lowest BCUT2D eigenvalue weighted by Gasteiger charge is -2.15. The van der Waals surface area contributed by atoms with Gasteiger partial charge in [0.1, 0.15) is 6.61 Å².